The number of hydrogen-bond donors (Lipinski definition) is 2. The van der Waals surface area contributed by atoms with E-state index in [9.17, 15) is 4.79 Å². The lowest BCUT2D eigenvalue weighted by Gasteiger charge is -2.33. The van der Waals surface area contributed by atoms with Crippen LogP contribution in [0.25, 0.3) is 0 Å². The highest BCUT2D eigenvalue weighted by molar-refractivity contribution is 5.85. The van der Waals surface area contributed by atoms with Crippen molar-refractivity contribution in [1.29, 1.82) is 0 Å². The maximum atomic E-state index is 11.9. The van der Waals surface area contributed by atoms with Gasteiger partial charge in [-0.15, -0.1) is 24.8 Å². The molecule has 0 radical (unpaired) electrons. The lowest BCUT2D eigenvalue weighted by Crippen LogP contribution is -2.47. The van der Waals surface area contributed by atoms with Crippen LogP contribution in [0.1, 0.15) is 38.2 Å². The molecule has 132 valence electrons. The van der Waals surface area contributed by atoms with Crippen LogP contribution in [0.5, 0.6) is 0 Å². The molecule has 1 aromatic rings. The first-order valence-electron chi connectivity index (χ1n) is 7.94. The fourth-order valence-corrected chi connectivity index (χ4v) is 2.82. The van der Waals surface area contributed by atoms with Gasteiger partial charge in [0.25, 0.3) is 0 Å². The van der Waals surface area contributed by atoms with E-state index in [0.29, 0.717) is 6.42 Å². The maximum Gasteiger partial charge on any atom is 0.220 e. The third kappa shape index (κ3) is 8.56. The molecule has 2 unspecified atom stereocenters. The van der Waals surface area contributed by atoms with Crippen molar-refractivity contribution in [2.45, 2.75) is 51.2 Å². The summed E-state index contributed by atoms with van der Waals surface area (Å²) in [6, 6.07) is 10.9. The molecule has 1 aliphatic heterocycles. The van der Waals surface area contributed by atoms with Gasteiger partial charge in [0.05, 0.1) is 0 Å². The molecule has 1 fully saturated rings. The number of carbonyl (C=O) groups excluding carboxylic acids is 1. The minimum Gasteiger partial charge on any atom is -0.352 e. The van der Waals surface area contributed by atoms with Gasteiger partial charge in [0, 0.05) is 31.6 Å². The van der Waals surface area contributed by atoms with E-state index in [4.69, 9.17) is 5.73 Å². The van der Waals surface area contributed by atoms with Crippen LogP contribution < -0.4 is 11.1 Å². The summed E-state index contributed by atoms with van der Waals surface area (Å²) in [6.45, 7) is 4.96. The molecule has 6 heteroatoms. The van der Waals surface area contributed by atoms with Crippen LogP contribution in [0.15, 0.2) is 30.3 Å². The summed E-state index contributed by atoms with van der Waals surface area (Å²) in [6.07, 6.45) is 3.51. The van der Waals surface area contributed by atoms with Gasteiger partial charge in [0.2, 0.25) is 5.91 Å². The Morgan fingerprint density at radius 1 is 1.35 bits per heavy atom. The Balaban J connectivity index is 0.00000242. The Kier molecular flexibility index (Phi) is 11.3. The Bertz CT molecular complexity index is 443. The van der Waals surface area contributed by atoms with Gasteiger partial charge in [-0.05, 0) is 38.3 Å². The molecule has 2 atom stereocenters. The van der Waals surface area contributed by atoms with Crippen molar-refractivity contribution in [3.63, 3.8) is 0 Å². The van der Waals surface area contributed by atoms with Crippen molar-refractivity contribution in [3.05, 3.63) is 35.9 Å². The van der Waals surface area contributed by atoms with E-state index in [0.717, 1.165) is 38.9 Å². The van der Waals surface area contributed by atoms with Gasteiger partial charge < -0.3 is 11.1 Å². The number of piperidine rings is 1. The molecule has 23 heavy (non-hydrogen) atoms. The zero-order valence-corrected chi connectivity index (χ0v) is 15.4. The molecule has 1 heterocycles. The molecule has 1 aliphatic rings. The van der Waals surface area contributed by atoms with Crippen LogP contribution in [-0.4, -0.2) is 36.0 Å². The third-order valence-corrected chi connectivity index (χ3v) is 3.95. The van der Waals surface area contributed by atoms with Gasteiger partial charge >= 0.3 is 0 Å². The van der Waals surface area contributed by atoms with Crippen LogP contribution in [0.3, 0.4) is 0 Å². The molecule has 0 spiro atoms. The van der Waals surface area contributed by atoms with E-state index in [1.807, 2.05) is 13.0 Å². The summed E-state index contributed by atoms with van der Waals surface area (Å²) in [5.74, 6) is 0.138. The highest BCUT2D eigenvalue weighted by Gasteiger charge is 2.21. The normalized spacial score (nSPS) is 19.1. The number of nitrogens with two attached hydrogens (primary N) is 1. The lowest BCUT2D eigenvalue weighted by atomic mass is 10.0. The number of benzene rings is 1. The monoisotopic (exact) mass is 361 g/mol. The van der Waals surface area contributed by atoms with E-state index in [1.54, 1.807) is 0 Å². The van der Waals surface area contributed by atoms with E-state index < -0.39 is 0 Å². The van der Waals surface area contributed by atoms with E-state index in [-0.39, 0.29) is 42.8 Å². The number of rotatable bonds is 6. The second kappa shape index (κ2) is 11.7. The topological polar surface area (TPSA) is 58.4 Å². The summed E-state index contributed by atoms with van der Waals surface area (Å²) in [5, 5.41) is 3.15. The second-order valence-corrected chi connectivity index (χ2v) is 6.14. The summed E-state index contributed by atoms with van der Waals surface area (Å²) in [5.41, 5.74) is 7.03. The van der Waals surface area contributed by atoms with Crippen molar-refractivity contribution >= 4 is 30.7 Å². The first kappa shape index (κ1) is 22.2. The maximum absolute atomic E-state index is 11.9. The Hall–Kier alpha value is -0.810. The average Bonchev–Trinajstić information content (AvgIpc) is 2.46. The number of likely N-dealkylation sites (tertiary alicyclic amines) is 1. The van der Waals surface area contributed by atoms with Crippen molar-refractivity contribution in [2.75, 3.05) is 13.1 Å². The van der Waals surface area contributed by atoms with Gasteiger partial charge in [-0.2, -0.15) is 0 Å². The van der Waals surface area contributed by atoms with Gasteiger partial charge in [-0.1, -0.05) is 30.3 Å². The standard InChI is InChI=1S/C17H27N3O.2ClH/c1-14(18)9-10-17(21)19-16-8-5-11-20(13-16)12-15-6-3-2-4-7-15;;/h2-4,6-7,14,16H,5,8-13,18H2,1H3,(H,19,21);2*1H. The van der Waals surface area contributed by atoms with Crippen molar-refractivity contribution in [3.8, 4) is 0 Å². The largest absolute Gasteiger partial charge is 0.352 e. The summed E-state index contributed by atoms with van der Waals surface area (Å²) in [7, 11) is 0. The molecule has 1 aromatic carbocycles. The minimum atomic E-state index is 0. The molecule has 0 aromatic heterocycles. The minimum absolute atomic E-state index is 0. The second-order valence-electron chi connectivity index (χ2n) is 6.14. The zero-order chi connectivity index (χ0) is 15.1. The molecule has 3 N–H and O–H groups in total. The predicted octanol–water partition coefficient (Wildman–Crippen LogP) is 2.74. The van der Waals surface area contributed by atoms with E-state index in [2.05, 4.69) is 34.5 Å². The SMILES string of the molecule is CC(N)CCC(=O)NC1CCCN(Cc2ccccc2)C1.Cl.Cl. The molecule has 0 saturated carbocycles. The molecule has 4 nitrogen and oxygen atoms in total. The highest BCUT2D eigenvalue weighted by atomic mass is 35.5. The molecular weight excluding hydrogens is 333 g/mol. The van der Waals surface area contributed by atoms with Crippen LogP contribution in [0, 0.1) is 0 Å². The van der Waals surface area contributed by atoms with Gasteiger partial charge in [-0.3, -0.25) is 9.69 Å². The average molecular weight is 362 g/mol. The Morgan fingerprint density at radius 2 is 2.04 bits per heavy atom. The Morgan fingerprint density at radius 3 is 2.70 bits per heavy atom. The summed E-state index contributed by atoms with van der Waals surface area (Å²) >= 11 is 0. The molecular formula is C17H29Cl2N3O. The third-order valence-electron chi connectivity index (χ3n) is 3.95. The van der Waals surface area contributed by atoms with Gasteiger partial charge in [0.15, 0.2) is 0 Å². The molecule has 2 rings (SSSR count). The fraction of sp³-hybridized carbons (Fsp3) is 0.588. The lowest BCUT2D eigenvalue weighted by molar-refractivity contribution is -0.122. The molecule has 1 saturated heterocycles. The molecule has 1 amide bonds. The molecule has 0 aliphatic carbocycles. The Labute approximate surface area is 152 Å². The first-order chi connectivity index (χ1) is 10.1. The van der Waals surface area contributed by atoms with Crippen LogP contribution in [0.2, 0.25) is 0 Å². The predicted molar refractivity (Wildman–Crippen MR) is 100 cm³/mol. The van der Waals surface area contributed by atoms with Crippen molar-refractivity contribution in [2.24, 2.45) is 5.73 Å². The van der Waals surface area contributed by atoms with Gasteiger partial charge in [-0.25, -0.2) is 0 Å². The number of nitrogens with one attached hydrogen (secondary N) is 1. The number of hydrogen-bond acceptors (Lipinski definition) is 3. The van der Waals surface area contributed by atoms with Crippen molar-refractivity contribution in [1.82, 2.24) is 10.2 Å². The number of nitrogens with zero attached hydrogens (tertiary/aromatic N) is 1. The molecule has 0 bridgehead atoms. The fourth-order valence-electron chi connectivity index (χ4n) is 2.82. The van der Waals surface area contributed by atoms with Crippen LogP contribution in [-0.2, 0) is 11.3 Å². The van der Waals surface area contributed by atoms with E-state index >= 15 is 0 Å². The van der Waals surface area contributed by atoms with Crippen molar-refractivity contribution < 1.29 is 4.79 Å². The van der Waals surface area contributed by atoms with Gasteiger partial charge in [0.1, 0.15) is 0 Å². The highest BCUT2D eigenvalue weighted by Crippen LogP contribution is 2.14. The number of amides is 1. The van der Waals surface area contributed by atoms with Crippen LogP contribution in [0.4, 0.5) is 0 Å². The van der Waals surface area contributed by atoms with E-state index in [1.165, 1.54) is 5.56 Å². The summed E-state index contributed by atoms with van der Waals surface area (Å²) < 4.78 is 0. The quantitative estimate of drug-likeness (QED) is 0.818. The number of halogens is 2. The zero-order valence-electron chi connectivity index (χ0n) is 13.7. The van der Waals surface area contributed by atoms with Crippen LogP contribution >= 0.6 is 24.8 Å². The summed E-state index contributed by atoms with van der Waals surface area (Å²) in [4.78, 5) is 14.3. The number of carbonyl (C=O) groups is 1. The first-order valence-corrected chi connectivity index (χ1v) is 7.94. The smallest absolute Gasteiger partial charge is 0.220 e.